The molecule has 0 spiro atoms. The van der Waals surface area contributed by atoms with E-state index in [4.69, 9.17) is 5.11 Å². The van der Waals surface area contributed by atoms with Crippen LogP contribution < -0.4 is 10.6 Å². The van der Waals surface area contributed by atoms with Gasteiger partial charge in [-0.3, -0.25) is 10.1 Å². The molecule has 0 heterocycles. The van der Waals surface area contributed by atoms with Crippen LogP contribution in [0.3, 0.4) is 0 Å². The molecule has 18 heavy (non-hydrogen) atoms. The summed E-state index contributed by atoms with van der Waals surface area (Å²) in [6, 6.07) is 6.04. The number of carbonyl (C=O) groups is 2. The Hall–Kier alpha value is -1.53. The molecule has 1 amide bonds. The van der Waals surface area contributed by atoms with E-state index in [9.17, 15) is 9.59 Å². The summed E-state index contributed by atoms with van der Waals surface area (Å²) >= 11 is 1.70. The number of aliphatic carboxylic acids is 1. The van der Waals surface area contributed by atoms with Crippen molar-refractivity contribution >= 4 is 29.3 Å². The summed E-state index contributed by atoms with van der Waals surface area (Å²) in [5.74, 6) is -0.805. The van der Waals surface area contributed by atoms with Crippen LogP contribution in [0.25, 0.3) is 0 Å². The number of benzene rings is 1. The van der Waals surface area contributed by atoms with Crippen molar-refractivity contribution < 1.29 is 14.7 Å². The van der Waals surface area contributed by atoms with E-state index in [1.54, 1.807) is 23.9 Å². The van der Waals surface area contributed by atoms with Crippen molar-refractivity contribution in [3.63, 3.8) is 0 Å². The first-order valence-corrected chi connectivity index (χ1v) is 6.50. The van der Waals surface area contributed by atoms with Crippen LogP contribution in [0.2, 0.25) is 0 Å². The molecule has 3 N–H and O–H groups in total. The normalized spacial score (nSPS) is 11.9. The van der Waals surface area contributed by atoms with Gasteiger partial charge < -0.3 is 10.4 Å². The van der Waals surface area contributed by atoms with Crippen LogP contribution in [-0.2, 0) is 9.59 Å². The SMILES string of the molecule is CCSc1ccc(NC(=O)C(NC)C(=O)O)cc1. The fourth-order valence-electron chi connectivity index (χ4n) is 1.38. The molecule has 0 aromatic heterocycles. The quantitative estimate of drug-likeness (QED) is 0.537. The third-order valence-electron chi connectivity index (χ3n) is 2.23. The molecular formula is C12H16N2O3S. The smallest absolute Gasteiger partial charge is 0.330 e. The van der Waals surface area contributed by atoms with Crippen LogP contribution in [0.1, 0.15) is 6.92 Å². The van der Waals surface area contributed by atoms with Gasteiger partial charge in [-0.2, -0.15) is 0 Å². The molecule has 0 radical (unpaired) electrons. The Bertz CT molecular complexity index is 420. The van der Waals surface area contributed by atoms with Crippen molar-refractivity contribution in [3.8, 4) is 0 Å². The minimum atomic E-state index is -1.24. The third kappa shape index (κ3) is 4.05. The molecule has 0 saturated carbocycles. The van der Waals surface area contributed by atoms with E-state index in [1.807, 2.05) is 12.1 Å². The molecule has 6 heteroatoms. The predicted molar refractivity (Wildman–Crippen MR) is 72.0 cm³/mol. The molecule has 1 rings (SSSR count). The van der Waals surface area contributed by atoms with Gasteiger partial charge in [0.1, 0.15) is 0 Å². The lowest BCUT2D eigenvalue weighted by atomic mass is 10.2. The average molecular weight is 268 g/mol. The first-order valence-electron chi connectivity index (χ1n) is 5.52. The third-order valence-corrected chi connectivity index (χ3v) is 3.12. The van der Waals surface area contributed by atoms with Gasteiger partial charge in [-0.05, 0) is 37.1 Å². The second-order valence-corrected chi connectivity index (χ2v) is 4.84. The largest absolute Gasteiger partial charge is 0.480 e. The van der Waals surface area contributed by atoms with Gasteiger partial charge in [0.2, 0.25) is 0 Å². The molecule has 5 nitrogen and oxygen atoms in total. The number of rotatable bonds is 6. The molecule has 0 bridgehead atoms. The van der Waals surface area contributed by atoms with E-state index in [-0.39, 0.29) is 0 Å². The Morgan fingerprint density at radius 1 is 1.33 bits per heavy atom. The van der Waals surface area contributed by atoms with Crippen molar-refractivity contribution in [1.29, 1.82) is 0 Å². The molecule has 0 aliphatic rings. The maximum atomic E-state index is 11.6. The highest BCUT2D eigenvalue weighted by molar-refractivity contribution is 7.99. The number of nitrogens with one attached hydrogen (secondary N) is 2. The van der Waals surface area contributed by atoms with E-state index in [0.717, 1.165) is 10.6 Å². The average Bonchev–Trinajstić information content (AvgIpc) is 2.32. The highest BCUT2D eigenvalue weighted by Gasteiger charge is 2.23. The molecule has 1 atom stereocenters. The van der Waals surface area contributed by atoms with E-state index in [2.05, 4.69) is 17.6 Å². The molecule has 1 aromatic rings. The van der Waals surface area contributed by atoms with Gasteiger partial charge in [0, 0.05) is 10.6 Å². The number of carbonyl (C=O) groups excluding carboxylic acids is 1. The molecule has 0 aliphatic heterocycles. The fraction of sp³-hybridized carbons (Fsp3) is 0.333. The molecule has 0 saturated heterocycles. The van der Waals surface area contributed by atoms with E-state index < -0.39 is 17.9 Å². The lowest BCUT2D eigenvalue weighted by Gasteiger charge is -2.11. The Balaban J connectivity index is 2.66. The second kappa shape index (κ2) is 7.03. The maximum absolute atomic E-state index is 11.6. The summed E-state index contributed by atoms with van der Waals surface area (Å²) in [5, 5.41) is 13.8. The predicted octanol–water partition coefficient (Wildman–Crippen LogP) is 1.41. The first-order chi connectivity index (χ1) is 8.58. The van der Waals surface area contributed by atoms with E-state index in [1.165, 1.54) is 7.05 Å². The van der Waals surface area contributed by atoms with Crippen LogP contribution in [0.5, 0.6) is 0 Å². The van der Waals surface area contributed by atoms with Gasteiger partial charge in [0.15, 0.2) is 6.04 Å². The molecular weight excluding hydrogens is 252 g/mol. The van der Waals surface area contributed by atoms with Gasteiger partial charge in [-0.25, -0.2) is 4.79 Å². The molecule has 1 aromatic carbocycles. The van der Waals surface area contributed by atoms with Crippen molar-refractivity contribution in [2.24, 2.45) is 0 Å². The summed E-state index contributed by atoms with van der Waals surface area (Å²) in [4.78, 5) is 23.5. The van der Waals surface area contributed by atoms with Crippen LogP contribution in [0, 0.1) is 0 Å². The van der Waals surface area contributed by atoms with Crippen molar-refractivity contribution in [2.75, 3.05) is 18.1 Å². The van der Waals surface area contributed by atoms with E-state index in [0.29, 0.717) is 5.69 Å². The zero-order chi connectivity index (χ0) is 13.5. The van der Waals surface area contributed by atoms with Gasteiger partial charge in [0.05, 0.1) is 0 Å². The second-order valence-electron chi connectivity index (χ2n) is 3.51. The van der Waals surface area contributed by atoms with Crippen molar-refractivity contribution in [2.45, 2.75) is 17.9 Å². The van der Waals surface area contributed by atoms with Gasteiger partial charge >= 0.3 is 5.97 Å². The van der Waals surface area contributed by atoms with Gasteiger partial charge in [-0.1, -0.05) is 6.92 Å². The summed E-state index contributed by atoms with van der Waals surface area (Å²) < 4.78 is 0. The molecule has 0 fully saturated rings. The number of anilines is 1. The fourth-order valence-corrected chi connectivity index (χ4v) is 2.04. The van der Waals surface area contributed by atoms with Crippen LogP contribution in [0.4, 0.5) is 5.69 Å². The van der Waals surface area contributed by atoms with E-state index >= 15 is 0 Å². The lowest BCUT2D eigenvalue weighted by molar-refractivity contribution is -0.142. The topological polar surface area (TPSA) is 78.4 Å². The van der Waals surface area contributed by atoms with Crippen LogP contribution >= 0.6 is 11.8 Å². The Kier molecular flexibility index (Phi) is 5.67. The van der Waals surface area contributed by atoms with Crippen LogP contribution in [0.15, 0.2) is 29.2 Å². The standard InChI is InChI=1S/C12H16N2O3S/c1-3-18-9-6-4-8(5-7-9)14-11(15)10(13-2)12(16)17/h4-7,10,13H,3H2,1-2H3,(H,14,15)(H,16,17). The van der Waals surface area contributed by atoms with Gasteiger partial charge in [0.25, 0.3) is 5.91 Å². The monoisotopic (exact) mass is 268 g/mol. The molecule has 1 unspecified atom stereocenters. The molecule has 98 valence electrons. The van der Waals surface area contributed by atoms with Crippen molar-refractivity contribution in [3.05, 3.63) is 24.3 Å². The highest BCUT2D eigenvalue weighted by atomic mass is 32.2. The van der Waals surface area contributed by atoms with Crippen molar-refractivity contribution in [1.82, 2.24) is 5.32 Å². The Morgan fingerprint density at radius 3 is 2.39 bits per heavy atom. The number of thioether (sulfide) groups is 1. The number of hydrogen-bond donors (Lipinski definition) is 3. The first kappa shape index (κ1) is 14.5. The number of carboxylic acids is 1. The number of likely N-dealkylation sites (N-methyl/N-ethyl adjacent to an activating group) is 1. The minimum absolute atomic E-state index is 0.583. The number of amides is 1. The zero-order valence-corrected chi connectivity index (χ0v) is 11.1. The highest BCUT2D eigenvalue weighted by Crippen LogP contribution is 2.19. The summed E-state index contributed by atoms with van der Waals surface area (Å²) in [5.41, 5.74) is 0.585. The molecule has 0 aliphatic carbocycles. The van der Waals surface area contributed by atoms with Gasteiger partial charge in [-0.15, -0.1) is 11.8 Å². The Morgan fingerprint density at radius 2 is 1.94 bits per heavy atom. The maximum Gasteiger partial charge on any atom is 0.330 e. The zero-order valence-electron chi connectivity index (χ0n) is 10.3. The lowest BCUT2D eigenvalue weighted by Crippen LogP contribution is -2.44. The van der Waals surface area contributed by atoms with Crippen LogP contribution in [-0.4, -0.2) is 35.8 Å². The Labute approximate surface area is 110 Å². The minimum Gasteiger partial charge on any atom is -0.480 e. The summed E-state index contributed by atoms with van der Waals surface area (Å²) in [6.07, 6.45) is 0. The number of hydrogen-bond acceptors (Lipinski definition) is 4. The summed E-state index contributed by atoms with van der Waals surface area (Å²) in [7, 11) is 1.43. The number of carboxylic acid groups (broad SMARTS) is 1. The summed E-state index contributed by atoms with van der Waals surface area (Å²) in [6.45, 7) is 2.06.